The van der Waals surface area contributed by atoms with Crippen molar-refractivity contribution in [3.63, 3.8) is 0 Å². The molecule has 1 aliphatic carbocycles. The molecule has 18 heavy (non-hydrogen) atoms. The molecule has 0 spiro atoms. The van der Waals surface area contributed by atoms with Gasteiger partial charge in [0.25, 0.3) is 5.91 Å². The van der Waals surface area contributed by atoms with Gasteiger partial charge in [-0.3, -0.25) is 4.79 Å². The third-order valence-corrected chi connectivity index (χ3v) is 3.91. The topological polar surface area (TPSA) is 66.6 Å². The Bertz CT molecular complexity index is 460. The Morgan fingerprint density at radius 3 is 2.78 bits per heavy atom. The van der Waals surface area contributed by atoms with Gasteiger partial charge in [-0.2, -0.15) is 0 Å². The van der Waals surface area contributed by atoms with Crippen LogP contribution in [0.4, 0.5) is 0 Å². The number of nitrogens with zero attached hydrogens (tertiary/aromatic N) is 1. The van der Waals surface area contributed by atoms with Crippen molar-refractivity contribution in [3.8, 4) is 5.75 Å². The molecule has 1 fully saturated rings. The highest BCUT2D eigenvalue weighted by molar-refractivity contribution is 9.10. The van der Waals surface area contributed by atoms with E-state index < -0.39 is 0 Å². The molecule has 1 saturated carbocycles. The largest absolute Gasteiger partial charge is 0.507 e. The van der Waals surface area contributed by atoms with Crippen LogP contribution in [0, 0.1) is 5.92 Å². The minimum Gasteiger partial charge on any atom is -0.507 e. The number of aromatic hydroxyl groups is 1. The normalized spacial score (nSPS) is 16.4. The Kier molecular flexibility index (Phi) is 3.92. The van der Waals surface area contributed by atoms with Crippen molar-refractivity contribution in [1.82, 2.24) is 4.90 Å². The van der Waals surface area contributed by atoms with Crippen molar-refractivity contribution in [2.45, 2.75) is 18.9 Å². The molecule has 3 N–H and O–H groups in total. The minimum atomic E-state index is -0.178. The predicted octanol–water partition coefficient (Wildman–Crippen LogP) is 1.96. The molecule has 1 amide bonds. The van der Waals surface area contributed by atoms with Crippen LogP contribution < -0.4 is 5.73 Å². The molecule has 2 rings (SSSR count). The second-order valence-electron chi connectivity index (χ2n) is 4.72. The first kappa shape index (κ1) is 13.4. The maximum absolute atomic E-state index is 12.3. The highest BCUT2D eigenvalue weighted by atomic mass is 79.9. The highest BCUT2D eigenvalue weighted by Gasteiger charge is 2.35. The van der Waals surface area contributed by atoms with E-state index in [1.165, 1.54) is 6.07 Å². The smallest absolute Gasteiger partial charge is 0.257 e. The summed E-state index contributed by atoms with van der Waals surface area (Å²) in [5.74, 6) is 0.330. The van der Waals surface area contributed by atoms with E-state index >= 15 is 0 Å². The van der Waals surface area contributed by atoms with Gasteiger partial charge in [0.15, 0.2) is 0 Å². The molecular weight excluding hydrogens is 296 g/mol. The van der Waals surface area contributed by atoms with Crippen molar-refractivity contribution in [2.24, 2.45) is 11.7 Å². The van der Waals surface area contributed by atoms with E-state index in [2.05, 4.69) is 15.9 Å². The molecule has 98 valence electrons. The number of phenolic OH excluding ortho intramolecular Hbond substituents is 1. The van der Waals surface area contributed by atoms with Gasteiger partial charge in [0.1, 0.15) is 5.75 Å². The van der Waals surface area contributed by atoms with Gasteiger partial charge in [-0.05, 0) is 37.0 Å². The number of benzene rings is 1. The molecule has 0 aliphatic heterocycles. The summed E-state index contributed by atoms with van der Waals surface area (Å²) in [7, 11) is 1.75. The lowest BCUT2D eigenvalue weighted by atomic mass is 10.1. The van der Waals surface area contributed by atoms with Gasteiger partial charge in [0.2, 0.25) is 0 Å². The lowest BCUT2D eigenvalue weighted by Gasteiger charge is -2.27. The summed E-state index contributed by atoms with van der Waals surface area (Å²) in [5, 5.41) is 9.81. The summed E-state index contributed by atoms with van der Waals surface area (Å²) in [6.07, 6.45) is 2.26. The second-order valence-corrected chi connectivity index (χ2v) is 5.63. The van der Waals surface area contributed by atoms with Crippen molar-refractivity contribution in [3.05, 3.63) is 28.2 Å². The summed E-state index contributed by atoms with van der Waals surface area (Å²) in [5.41, 5.74) is 6.05. The van der Waals surface area contributed by atoms with Crippen LogP contribution in [0.1, 0.15) is 23.2 Å². The molecule has 1 unspecified atom stereocenters. The minimum absolute atomic E-state index is 0.00667. The van der Waals surface area contributed by atoms with Gasteiger partial charge in [0, 0.05) is 24.1 Å². The van der Waals surface area contributed by atoms with Crippen LogP contribution in [-0.4, -0.2) is 35.5 Å². The first-order valence-corrected chi connectivity index (χ1v) is 6.79. The van der Waals surface area contributed by atoms with Crippen LogP contribution in [0.5, 0.6) is 5.75 Å². The summed E-state index contributed by atoms with van der Waals surface area (Å²) < 4.78 is 0.747. The van der Waals surface area contributed by atoms with Crippen molar-refractivity contribution in [2.75, 3.05) is 13.6 Å². The number of rotatable bonds is 4. The van der Waals surface area contributed by atoms with E-state index in [1.807, 2.05) is 0 Å². The quantitative estimate of drug-likeness (QED) is 0.893. The third-order valence-electron chi connectivity index (χ3n) is 3.42. The summed E-state index contributed by atoms with van der Waals surface area (Å²) >= 11 is 3.25. The fourth-order valence-corrected chi connectivity index (χ4v) is 2.52. The number of carbonyl (C=O) groups excluding carboxylic acids is 1. The van der Waals surface area contributed by atoms with Crippen LogP contribution in [-0.2, 0) is 0 Å². The summed E-state index contributed by atoms with van der Waals surface area (Å²) in [6.45, 7) is 0.462. The van der Waals surface area contributed by atoms with Gasteiger partial charge in [0.05, 0.1) is 5.56 Å². The summed E-state index contributed by atoms with van der Waals surface area (Å²) in [6, 6.07) is 4.96. The second kappa shape index (κ2) is 5.28. The zero-order valence-corrected chi connectivity index (χ0v) is 11.9. The van der Waals surface area contributed by atoms with Gasteiger partial charge in [-0.25, -0.2) is 0 Å². The number of hydrogen-bond donors (Lipinski definition) is 2. The maximum Gasteiger partial charge on any atom is 0.257 e. The Labute approximate surface area is 115 Å². The third kappa shape index (κ3) is 2.67. The fraction of sp³-hybridized carbons (Fsp3) is 0.462. The Hall–Kier alpha value is -1.07. The molecule has 0 aromatic heterocycles. The number of phenols is 1. The molecule has 5 heteroatoms. The zero-order valence-electron chi connectivity index (χ0n) is 10.3. The first-order chi connectivity index (χ1) is 8.54. The number of hydrogen-bond acceptors (Lipinski definition) is 3. The van der Waals surface area contributed by atoms with Crippen LogP contribution in [0.15, 0.2) is 22.7 Å². The van der Waals surface area contributed by atoms with Crippen molar-refractivity contribution >= 4 is 21.8 Å². The fourth-order valence-electron chi connectivity index (χ4n) is 2.17. The monoisotopic (exact) mass is 312 g/mol. The molecule has 1 aliphatic rings. The van der Waals surface area contributed by atoms with E-state index in [0.717, 1.165) is 17.3 Å². The SMILES string of the molecule is CN(C(=O)c1ccc(Br)cc1O)C(CN)C1CC1. The zero-order chi connectivity index (χ0) is 13.3. The average molecular weight is 313 g/mol. The molecule has 1 aromatic carbocycles. The van der Waals surface area contributed by atoms with Gasteiger partial charge in [-0.15, -0.1) is 0 Å². The number of likely N-dealkylation sites (N-methyl/N-ethyl adjacent to an activating group) is 1. The standard InChI is InChI=1S/C13H17BrN2O2/c1-16(11(7-15)8-2-3-8)13(18)10-5-4-9(14)6-12(10)17/h4-6,8,11,17H,2-3,7,15H2,1H3. The van der Waals surface area contributed by atoms with Gasteiger partial charge in [-0.1, -0.05) is 15.9 Å². The Balaban J connectivity index is 2.19. The van der Waals surface area contributed by atoms with Gasteiger partial charge < -0.3 is 15.7 Å². The lowest BCUT2D eigenvalue weighted by Crippen LogP contribution is -2.43. The van der Waals surface area contributed by atoms with Crippen molar-refractivity contribution < 1.29 is 9.90 Å². The average Bonchev–Trinajstić information content (AvgIpc) is 3.13. The predicted molar refractivity (Wildman–Crippen MR) is 73.5 cm³/mol. The molecular formula is C13H17BrN2O2. The van der Waals surface area contributed by atoms with Crippen LogP contribution in [0.2, 0.25) is 0 Å². The van der Waals surface area contributed by atoms with E-state index in [0.29, 0.717) is 18.0 Å². The highest BCUT2D eigenvalue weighted by Crippen LogP contribution is 2.35. The van der Waals surface area contributed by atoms with Gasteiger partial charge >= 0.3 is 0 Å². The number of halogens is 1. The molecule has 0 saturated heterocycles. The van der Waals surface area contributed by atoms with Crippen LogP contribution in [0.3, 0.4) is 0 Å². The van der Waals surface area contributed by atoms with E-state index in [4.69, 9.17) is 5.73 Å². The Morgan fingerprint density at radius 2 is 2.28 bits per heavy atom. The maximum atomic E-state index is 12.3. The molecule has 1 atom stereocenters. The van der Waals surface area contributed by atoms with E-state index in [1.54, 1.807) is 24.1 Å². The van der Waals surface area contributed by atoms with Crippen molar-refractivity contribution in [1.29, 1.82) is 0 Å². The van der Waals surface area contributed by atoms with E-state index in [9.17, 15) is 9.90 Å². The first-order valence-electron chi connectivity index (χ1n) is 6.00. The molecule has 0 radical (unpaired) electrons. The number of amides is 1. The number of nitrogens with two attached hydrogens (primary N) is 1. The number of carbonyl (C=O) groups is 1. The Morgan fingerprint density at radius 1 is 1.61 bits per heavy atom. The molecule has 4 nitrogen and oxygen atoms in total. The lowest BCUT2D eigenvalue weighted by molar-refractivity contribution is 0.0715. The molecule has 1 aromatic rings. The van der Waals surface area contributed by atoms with Crippen LogP contribution in [0.25, 0.3) is 0 Å². The molecule has 0 bridgehead atoms. The van der Waals surface area contributed by atoms with Crippen LogP contribution >= 0.6 is 15.9 Å². The molecule has 0 heterocycles. The van der Waals surface area contributed by atoms with E-state index in [-0.39, 0.29) is 17.7 Å². The summed E-state index contributed by atoms with van der Waals surface area (Å²) in [4.78, 5) is 14.0.